The van der Waals surface area contributed by atoms with E-state index in [1.807, 2.05) is 19.2 Å². The molecule has 0 unspecified atom stereocenters. The summed E-state index contributed by atoms with van der Waals surface area (Å²) in [5.41, 5.74) is 4.94. The Labute approximate surface area is 285 Å². The fourth-order valence-electron chi connectivity index (χ4n) is 6.91. The molecule has 1 aliphatic heterocycles. The molecule has 0 atom stereocenters. The molecule has 1 aliphatic carbocycles. The van der Waals surface area contributed by atoms with Gasteiger partial charge in [-0.05, 0) is 92.4 Å². The van der Waals surface area contributed by atoms with Crippen LogP contribution in [0.5, 0.6) is 0 Å². The minimum Gasteiger partial charge on any atom is -0.413 e. The van der Waals surface area contributed by atoms with E-state index in [0.717, 1.165) is 62.7 Å². The van der Waals surface area contributed by atoms with Gasteiger partial charge in [-0.15, -0.1) is 0 Å². The number of anilines is 3. The number of hydrogen-bond acceptors (Lipinski definition) is 8. The van der Waals surface area contributed by atoms with Crippen LogP contribution in [0, 0.1) is 6.92 Å². The number of aromatic nitrogens is 4. The van der Waals surface area contributed by atoms with E-state index in [2.05, 4.69) is 84.4 Å². The molecule has 2 fully saturated rings. The van der Waals surface area contributed by atoms with Crippen molar-refractivity contribution in [1.29, 1.82) is 0 Å². The summed E-state index contributed by atoms with van der Waals surface area (Å²) in [4.78, 5) is 42.4. The molecular weight excluding hydrogens is 617 g/mol. The summed E-state index contributed by atoms with van der Waals surface area (Å²) in [7, 11) is -1.76. The number of Topliss-reactive ketones (excluding diaryl/α,β-unsaturated/α-hetero) is 1. The van der Waals surface area contributed by atoms with Gasteiger partial charge in [-0.25, -0.2) is 9.97 Å². The van der Waals surface area contributed by atoms with Gasteiger partial charge in [0.15, 0.2) is 14.1 Å². The molecule has 48 heavy (non-hydrogen) atoms. The van der Waals surface area contributed by atoms with Crippen molar-refractivity contribution in [1.82, 2.24) is 19.5 Å². The number of pyridine rings is 2. The van der Waals surface area contributed by atoms with Crippen LogP contribution in [0.1, 0.15) is 105 Å². The van der Waals surface area contributed by atoms with Crippen molar-refractivity contribution in [2.75, 3.05) is 23.3 Å². The Kier molecular flexibility index (Phi) is 9.59. The first-order valence-corrected chi connectivity index (χ1v) is 20.4. The van der Waals surface area contributed by atoms with Crippen LogP contribution in [0.4, 0.5) is 17.5 Å². The van der Waals surface area contributed by atoms with Crippen LogP contribution in [-0.4, -0.2) is 46.7 Å². The predicted octanol–water partition coefficient (Wildman–Crippen LogP) is 8.46. The molecule has 4 aromatic rings. The van der Waals surface area contributed by atoms with E-state index in [4.69, 9.17) is 9.41 Å². The van der Waals surface area contributed by atoms with Crippen LogP contribution < -0.4 is 15.8 Å². The Morgan fingerprint density at radius 3 is 2.27 bits per heavy atom. The number of nitrogens with zero attached hydrogens (tertiary/aromatic N) is 5. The first-order valence-electron chi connectivity index (χ1n) is 17.5. The van der Waals surface area contributed by atoms with Gasteiger partial charge in [-0.3, -0.25) is 14.2 Å². The molecule has 1 saturated heterocycles. The van der Waals surface area contributed by atoms with Crippen molar-refractivity contribution < 1.29 is 9.22 Å². The first-order chi connectivity index (χ1) is 22.8. The summed E-state index contributed by atoms with van der Waals surface area (Å²) in [6.07, 6.45) is 9.74. The molecular formula is C38H50N6O3Si. The number of aryl methyl sites for hydroxylation is 1. The number of fused-ring (bicyclic) bond motifs is 1. The zero-order chi connectivity index (χ0) is 34.2. The Hall–Kier alpha value is -3.89. The smallest absolute Gasteiger partial charge is 0.263 e. The van der Waals surface area contributed by atoms with Crippen molar-refractivity contribution in [3.63, 3.8) is 0 Å². The summed E-state index contributed by atoms with van der Waals surface area (Å²) in [6.45, 7) is 17.3. The van der Waals surface area contributed by atoms with Crippen LogP contribution in [0.3, 0.4) is 0 Å². The van der Waals surface area contributed by atoms with Crippen molar-refractivity contribution in [3.8, 4) is 0 Å². The van der Waals surface area contributed by atoms with Gasteiger partial charge < -0.3 is 14.6 Å². The average molecular weight is 667 g/mol. The minimum absolute atomic E-state index is 0.0364. The maximum absolute atomic E-state index is 13.5. The number of benzene rings is 1. The molecule has 9 nitrogen and oxygen atoms in total. The zero-order valence-electron chi connectivity index (χ0n) is 29.6. The van der Waals surface area contributed by atoms with Gasteiger partial charge in [0.2, 0.25) is 5.95 Å². The topological polar surface area (TPSA) is 102 Å². The van der Waals surface area contributed by atoms with E-state index in [1.165, 1.54) is 18.1 Å². The summed E-state index contributed by atoms with van der Waals surface area (Å²) in [6, 6.07) is 13.1. The third-order valence-corrected chi connectivity index (χ3v) is 15.4. The van der Waals surface area contributed by atoms with E-state index in [9.17, 15) is 9.59 Å². The molecule has 2 aliphatic rings. The number of ketones is 1. The molecule has 0 radical (unpaired) electrons. The third-order valence-electron chi connectivity index (χ3n) is 11.0. The molecule has 1 aromatic carbocycles. The molecule has 0 spiro atoms. The molecule has 1 saturated carbocycles. The zero-order valence-corrected chi connectivity index (χ0v) is 30.6. The highest BCUT2D eigenvalue weighted by molar-refractivity contribution is 6.74. The number of carbonyl (C=O) groups excluding carboxylic acids is 1. The predicted molar refractivity (Wildman–Crippen MR) is 196 cm³/mol. The molecule has 6 rings (SSSR count). The molecule has 254 valence electrons. The number of carbonyl (C=O) groups is 1. The van der Waals surface area contributed by atoms with Gasteiger partial charge in [-0.1, -0.05) is 57.9 Å². The third kappa shape index (κ3) is 6.96. The van der Waals surface area contributed by atoms with Crippen LogP contribution in [0.15, 0.2) is 53.6 Å². The van der Waals surface area contributed by atoms with E-state index in [-0.39, 0.29) is 28.0 Å². The lowest BCUT2D eigenvalue weighted by molar-refractivity contribution is 0.101. The highest BCUT2D eigenvalue weighted by Crippen LogP contribution is 2.37. The van der Waals surface area contributed by atoms with Crippen molar-refractivity contribution in [2.24, 2.45) is 0 Å². The van der Waals surface area contributed by atoms with Gasteiger partial charge in [0.25, 0.3) is 5.56 Å². The summed E-state index contributed by atoms with van der Waals surface area (Å²) in [5.74, 6) is 1.34. The fraction of sp³-hybridized carbons (Fsp3) is 0.500. The summed E-state index contributed by atoms with van der Waals surface area (Å²) < 4.78 is 8.16. The van der Waals surface area contributed by atoms with Crippen LogP contribution >= 0.6 is 0 Å². The number of piperidine rings is 1. The van der Waals surface area contributed by atoms with Crippen molar-refractivity contribution in [3.05, 3.63) is 81.4 Å². The molecule has 0 bridgehead atoms. The maximum atomic E-state index is 13.5. The van der Waals surface area contributed by atoms with Crippen LogP contribution in [0.2, 0.25) is 18.1 Å². The monoisotopic (exact) mass is 666 g/mol. The SMILES string of the molecule is CC(=O)c1c(C)c2cnc(Nc3ccc(N4CCC(c5ccc(CO[Si](C)(C)C(C)(C)C)cc5)CC4)cn3)nc2n(C2CCCC2)c1=O. The molecule has 1 N–H and O–H groups in total. The molecule has 3 aromatic heterocycles. The molecule has 10 heteroatoms. The van der Waals surface area contributed by atoms with Gasteiger partial charge >= 0.3 is 0 Å². The van der Waals surface area contributed by atoms with E-state index >= 15 is 0 Å². The Balaban J connectivity index is 1.09. The standard InChI is InChI=1S/C38H50N6O3Si/c1-25-32-23-40-37(42-35(32)44(30-10-8-9-11-30)36(46)34(25)26(2)45)41-33-17-16-31(22-39-33)43-20-18-29(19-21-43)28-14-12-27(13-15-28)24-47-48(6,7)38(3,4)5/h12-17,22-23,29-30H,8-11,18-21,24H2,1-7H3,(H,39,40,41,42). The lowest BCUT2D eigenvalue weighted by Gasteiger charge is -2.36. The second-order valence-corrected chi connectivity index (χ2v) is 20.0. The number of rotatable bonds is 9. The molecule has 4 heterocycles. The average Bonchev–Trinajstić information content (AvgIpc) is 3.58. The van der Waals surface area contributed by atoms with Crippen LogP contribution in [0.25, 0.3) is 11.0 Å². The van der Waals surface area contributed by atoms with Gasteiger partial charge in [0.05, 0.1) is 24.1 Å². The van der Waals surface area contributed by atoms with Gasteiger partial charge in [0, 0.05) is 30.7 Å². The second kappa shape index (κ2) is 13.5. The largest absolute Gasteiger partial charge is 0.413 e. The van der Waals surface area contributed by atoms with E-state index < -0.39 is 8.32 Å². The lowest BCUT2D eigenvalue weighted by atomic mass is 9.89. The quantitative estimate of drug-likeness (QED) is 0.140. The summed E-state index contributed by atoms with van der Waals surface area (Å²) >= 11 is 0. The first kappa shape index (κ1) is 34.0. The maximum Gasteiger partial charge on any atom is 0.263 e. The van der Waals surface area contributed by atoms with Crippen molar-refractivity contribution in [2.45, 2.75) is 110 Å². The highest BCUT2D eigenvalue weighted by Gasteiger charge is 2.37. The van der Waals surface area contributed by atoms with E-state index in [1.54, 1.807) is 10.8 Å². The summed E-state index contributed by atoms with van der Waals surface area (Å²) in [5, 5.41) is 4.18. The molecule has 0 amide bonds. The Morgan fingerprint density at radius 1 is 0.979 bits per heavy atom. The number of hydrogen-bond donors (Lipinski definition) is 1. The normalized spacial score (nSPS) is 16.5. The van der Waals surface area contributed by atoms with Gasteiger partial charge in [0.1, 0.15) is 11.5 Å². The highest BCUT2D eigenvalue weighted by atomic mass is 28.4. The Morgan fingerprint density at radius 2 is 1.67 bits per heavy atom. The van der Waals surface area contributed by atoms with E-state index in [0.29, 0.717) is 35.5 Å². The Bertz CT molecular complexity index is 1830. The number of nitrogens with one attached hydrogen (secondary N) is 1. The van der Waals surface area contributed by atoms with Crippen LogP contribution in [-0.2, 0) is 11.0 Å². The second-order valence-electron chi connectivity index (χ2n) is 15.2. The lowest BCUT2D eigenvalue weighted by Crippen LogP contribution is -2.40. The van der Waals surface area contributed by atoms with Gasteiger partial charge in [-0.2, -0.15) is 4.98 Å². The van der Waals surface area contributed by atoms with Crippen molar-refractivity contribution >= 4 is 42.6 Å². The minimum atomic E-state index is -1.76. The fourth-order valence-corrected chi connectivity index (χ4v) is 7.87.